The van der Waals surface area contributed by atoms with Gasteiger partial charge in [-0.15, -0.1) is 5.10 Å². The summed E-state index contributed by atoms with van der Waals surface area (Å²) in [5, 5.41) is 5.68. The maximum atomic E-state index is 12.5. The second kappa shape index (κ2) is 4.40. The van der Waals surface area contributed by atoms with E-state index in [1.165, 1.54) is 0 Å². The van der Waals surface area contributed by atoms with Crippen LogP contribution in [0.1, 0.15) is 5.69 Å². The zero-order valence-corrected chi connectivity index (χ0v) is 11.7. The average molecular weight is 290 g/mol. The van der Waals surface area contributed by atoms with Gasteiger partial charge in [0.2, 0.25) is 9.84 Å². The van der Waals surface area contributed by atoms with Crippen LogP contribution in [-0.4, -0.2) is 18.0 Å². The molecule has 0 saturated heterocycles. The molecule has 0 N–H and O–H groups in total. The van der Waals surface area contributed by atoms with Crippen LogP contribution < -0.4 is 0 Å². The molecule has 3 aromatic rings. The molecule has 19 heavy (non-hydrogen) atoms. The van der Waals surface area contributed by atoms with E-state index in [0.717, 1.165) is 22.3 Å². The molecule has 2 aromatic carbocycles. The summed E-state index contributed by atoms with van der Waals surface area (Å²) < 4.78 is 28.9. The highest BCUT2D eigenvalue weighted by Crippen LogP contribution is 2.27. The lowest BCUT2D eigenvalue weighted by Crippen LogP contribution is -2.01. The molecule has 6 heteroatoms. The van der Waals surface area contributed by atoms with Crippen molar-refractivity contribution in [3.05, 3.63) is 48.2 Å². The van der Waals surface area contributed by atoms with E-state index in [1.54, 1.807) is 19.1 Å². The molecule has 0 radical (unpaired) electrons. The summed E-state index contributed by atoms with van der Waals surface area (Å²) in [4.78, 5) is 0.278. The van der Waals surface area contributed by atoms with Gasteiger partial charge in [-0.1, -0.05) is 34.8 Å². The molecular formula is C13H10N2O2S2. The minimum absolute atomic E-state index is 0.211. The number of aromatic nitrogens is 2. The number of sulfone groups is 1. The van der Waals surface area contributed by atoms with Crippen molar-refractivity contribution in [3.63, 3.8) is 0 Å². The molecule has 96 valence electrons. The van der Waals surface area contributed by atoms with Gasteiger partial charge in [0, 0.05) is 11.5 Å². The van der Waals surface area contributed by atoms with E-state index in [1.807, 2.05) is 30.3 Å². The molecule has 4 nitrogen and oxygen atoms in total. The summed E-state index contributed by atoms with van der Waals surface area (Å²) in [5.74, 6) is 0. The summed E-state index contributed by atoms with van der Waals surface area (Å²) in [6.07, 6.45) is 0. The first-order valence-corrected chi connectivity index (χ1v) is 7.87. The van der Waals surface area contributed by atoms with Crippen LogP contribution in [0.5, 0.6) is 0 Å². The Morgan fingerprint density at radius 3 is 2.47 bits per heavy atom. The Morgan fingerprint density at radius 1 is 1.05 bits per heavy atom. The summed E-state index contributed by atoms with van der Waals surface area (Å²) in [5.41, 5.74) is 0.443. The highest BCUT2D eigenvalue weighted by molar-refractivity contribution is 7.93. The fourth-order valence-corrected chi connectivity index (χ4v) is 4.28. The van der Waals surface area contributed by atoms with Gasteiger partial charge in [-0.25, -0.2) is 8.42 Å². The zero-order chi connectivity index (χ0) is 13.5. The molecule has 0 unspecified atom stereocenters. The number of hydrogen-bond acceptors (Lipinski definition) is 5. The van der Waals surface area contributed by atoms with Crippen molar-refractivity contribution in [1.82, 2.24) is 9.59 Å². The molecule has 1 heterocycles. The highest BCUT2D eigenvalue weighted by Gasteiger charge is 2.23. The van der Waals surface area contributed by atoms with E-state index < -0.39 is 9.84 Å². The summed E-state index contributed by atoms with van der Waals surface area (Å²) in [6.45, 7) is 1.65. The number of rotatable bonds is 2. The van der Waals surface area contributed by atoms with E-state index in [4.69, 9.17) is 0 Å². The van der Waals surface area contributed by atoms with Gasteiger partial charge in [0.25, 0.3) is 0 Å². The van der Waals surface area contributed by atoms with Crippen LogP contribution in [0.25, 0.3) is 10.8 Å². The van der Waals surface area contributed by atoms with Crippen molar-refractivity contribution in [2.75, 3.05) is 0 Å². The molecule has 0 aliphatic rings. The Labute approximate surface area is 114 Å². The maximum absolute atomic E-state index is 12.5. The van der Waals surface area contributed by atoms with Crippen molar-refractivity contribution < 1.29 is 8.42 Å². The Balaban J connectivity index is 2.22. The second-order valence-electron chi connectivity index (χ2n) is 4.16. The number of nitrogens with zero attached hydrogens (tertiary/aromatic N) is 2. The highest BCUT2D eigenvalue weighted by atomic mass is 32.2. The minimum Gasteiger partial charge on any atom is -0.218 e. The first-order valence-electron chi connectivity index (χ1n) is 5.62. The SMILES string of the molecule is Cc1nnsc1S(=O)(=O)c1ccc2ccccc2c1. The number of fused-ring (bicyclic) bond motifs is 1. The standard InChI is InChI=1S/C13H10N2O2S2/c1-9-13(18-15-14-9)19(16,17)12-7-6-10-4-2-3-5-11(10)8-12/h2-8H,1H3. The molecule has 0 aliphatic heterocycles. The molecule has 0 atom stereocenters. The normalized spacial score (nSPS) is 11.8. The molecular weight excluding hydrogens is 280 g/mol. The van der Waals surface area contributed by atoms with Crippen LogP contribution >= 0.6 is 11.5 Å². The first kappa shape index (κ1) is 12.3. The number of benzene rings is 2. The predicted molar refractivity (Wildman–Crippen MR) is 74.0 cm³/mol. The van der Waals surface area contributed by atoms with Gasteiger partial charge in [-0.05, 0) is 29.8 Å². The Morgan fingerprint density at radius 2 is 1.79 bits per heavy atom. The summed E-state index contributed by atoms with van der Waals surface area (Å²) >= 11 is 0.908. The van der Waals surface area contributed by atoms with Crippen molar-refractivity contribution >= 4 is 32.1 Å². The van der Waals surface area contributed by atoms with E-state index in [9.17, 15) is 8.42 Å². The minimum atomic E-state index is -3.52. The van der Waals surface area contributed by atoms with Crippen molar-refractivity contribution in [1.29, 1.82) is 0 Å². The largest absolute Gasteiger partial charge is 0.219 e. The topological polar surface area (TPSA) is 59.9 Å². The lowest BCUT2D eigenvalue weighted by Gasteiger charge is -2.04. The molecule has 0 saturated carbocycles. The third-order valence-electron chi connectivity index (χ3n) is 2.89. The first-order chi connectivity index (χ1) is 9.09. The lowest BCUT2D eigenvalue weighted by molar-refractivity contribution is 0.597. The zero-order valence-electron chi connectivity index (χ0n) is 10.1. The van der Waals surface area contributed by atoms with E-state index in [0.29, 0.717) is 5.69 Å². The molecule has 3 rings (SSSR count). The molecule has 1 aromatic heterocycles. The van der Waals surface area contributed by atoms with Gasteiger partial charge in [0.1, 0.15) is 0 Å². The third-order valence-corrected chi connectivity index (χ3v) is 6.05. The van der Waals surface area contributed by atoms with Crippen molar-refractivity contribution in [2.45, 2.75) is 16.0 Å². The average Bonchev–Trinajstić information content (AvgIpc) is 2.85. The van der Waals surface area contributed by atoms with Gasteiger partial charge in [-0.3, -0.25) is 0 Å². The van der Waals surface area contributed by atoms with Gasteiger partial charge >= 0.3 is 0 Å². The van der Waals surface area contributed by atoms with Crippen LogP contribution in [0.4, 0.5) is 0 Å². The van der Waals surface area contributed by atoms with E-state index >= 15 is 0 Å². The van der Waals surface area contributed by atoms with Gasteiger partial charge in [0.15, 0.2) is 4.21 Å². The Kier molecular flexibility index (Phi) is 2.83. The Hall–Kier alpha value is -1.79. The van der Waals surface area contributed by atoms with E-state index in [-0.39, 0.29) is 9.10 Å². The van der Waals surface area contributed by atoms with Gasteiger partial charge in [0.05, 0.1) is 10.6 Å². The van der Waals surface area contributed by atoms with Crippen LogP contribution in [0.2, 0.25) is 0 Å². The van der Waals surface area contributed by atoms with Gasteiger partial charge < -0.3 is 0 Å². The summed E-state index contributed by atoms with van der Waals surface area (Å²) in [7, 11) is -3.52. The maximum Gasteiger partial charge on any atom is 0.219 e. The second-order valence-corrected chi connectivity index (χ2v) is 7.06. The molecule has 0 amide bonds. The smallest absolute Gasteiger partial charge is 0.218 e. The summed E-state index contributed by atoms with van der Waals surface area (Å²) in [6, 6.07) is 12.8. The fraction of sp³-hybridized carbons (Fsp3) is 0.0769. The van der Waals surface area contributed by atoms with Gasteiger partial charge in [-0.2, -0.15) is 0 Å². The lowest BCUT2D eigenvalue weighted by atomic mass is 10.1. The van der Waals surface area contributed by atoms with Crippen LogP contribution in [0, 0.1) is 6.92 Å². The van der Waals surface area contributed by atoms with Crippen LogP contribution in [-0.2, 0) is 9.84 Å². The number of aryl methyl sites for hydroxylation is 1. The molecule has 0 aliphatic carbocycles. The van der Waals surface area contributed by atoms with Crippen molar-refractivity contribution in [3.8, 4) is 0 Å². The predicted octanol–water partition coefficient (Wildman–Crippen LogP) is 2.83. The Bertz CT molecular complexity index is 854. The molecule has 0 fully saturated rings. The third kappa shape index (κ3) is 2.02. The van der Waals surface area contributed by atoms with E-state index in [2.05, 4.69) is 9.59 Å². The molecule has 0 bridgehead atoms. The van der Waals surface area contributed by atoms with Crippen LogP contribution in [0.3, 0.4) is 0 Å². The van der Waals surface area contributed by atoms with Crippen LogP contribution in [0.15, 0.2) is 51.6 Å². The quantitative estimate of drug-likeness (QED) is 0.728. The molecule has 0 spiro atoms. The van der Waals surface area contributed by atoms with Crippen molar-refractivity contribution in [2.24, 2.45) is 0 Å². The fourth-order valence-electron chi connectivity index (χ4n) is 1.91. The number of hydrogen-bond donors (Lipinski definition) is 0. The monoisotopic (exact) mass is 290 g/mol.